The Balaban J connectivity index is 1.51. The lowest BCUT2D eigenvalue weighted by molar-refractivity contribution is 0.102. The number of ether oxygens (including phenoxy) is 3. The van der Waals surface area contributed by atoms with Crippen molar-refractivity contribution < 1.29 is 19.0 Å². The van der Waals surface area contributed by atoms with Crippen LogP contribution in [0.3, 0.4) is 0 Å². The number of hydrogen-bond acceptors (Lipinski definition) is 5. The number of hydrogen-bond donors (Lipinski definition) is 1. The maximum atomic E-state index is 12.7. The number of nitrogens with zero attached hydrogens (tertiary/aromatic N) is 1. The first-order valence-corrected chi connectivity index (χ1v) is 9.57. The molecule has 1 N–H and O–H groups in total. The lowest BCUT2D eigenvalue weighted by atomic mass is 10.1. The molecule has 2 aromatic carbocycles. The molecule has 0 saturated heterocycles. The summed E-state index contributed by atoms with van der Waals surface area (Å²) in [5.41, 5.74) is 1.92. The number of fused-ring (bicyclic) bond motifs is 1. The molecule has 0 saturated carbocycles. The standard InChI is InChI=1S/C22H19ClN2O4/c1-14-10-16(5-6-19(14)29-17-4-2-7-24-13-17)25-22(26)15-11-18(23)21-20(12-15)27-8-3-9-28-21/h2,4-7,10-13H,3,8-9H2,1H3,(H,25,26). The van der Waals surface area contributed by atoms with E-state index in [2.05, 4.69) is 10.3 Å². The SMILES string of the molecule is Cc1cc(NC(=O)c2cc(Cl)c3c(c2)OCCCO3)ccc1Oc1cccnc1. The Bertz CT molecular complexity index is 1040. The van der Waals surface area contributed by atoms with E-state index in [0.717, 1.165) is 12.0 Å². The predicted molar refractivity (Wildman–Crippen MR) is 111 cm³/mol. The smallest absolute Gasteiger partial charge is 0.255 e. The van der Waals surface area contributed by atoms with Crippen LogP contribution in [0.25, 0.3) is 0 Å². The molecule has 148 valence electrons. The number of carbonyl (C=O) groups is 1. The van der Waals surface area contributed by atoms with Gasteiger partial charge in [-0.1, -0.05) is 11.6 Å². The van der Waals surface area contributed by atoms with Crippen LogP contribution in [0.15, 0.2) is 54.9 Å². The van der Waals surface area contributed by atoms with Gasteiger partial charge in [0, 0.05) is 23.9 Å². The van der Waals surface area contributed by atoms with Gasteiger partial charge in [0.05, 0.1) is 24.4 Å². The Morgan fingerprint density at radius 1 is 1.17 bits per heavy atom. The Morgan fingerprint density at radius 2 is 2.03 bits per heavy atom. The van der Waals surface area contributed by atoms with Gasteiger partial charge in [-0.2, -0.15) is 0 Å². The fourth-order valence-electron chi connectivity index (χ4n) is 2.94. The highest BCUT2D eigenvalue weighted by atomic mass is 35.5. The molecule has 3 aromatic rings. The molecule has 0 aliphatic carbocycles. The molecule has 7 heteroatoms. The van der Waals surface area contributed by atoms with Crippen LogP contribution >= 0.6 is 11.6 Å². The molecule has 1 aliphatic rings. The molecule has 1 amide bonds. The molecule has 1 aliphatic heterocycles. The molecule has 0 unspecified atom stereocenters. The zero-order valence-electron chi connectivity index (χ0n) is 15.8. The van der Waals surface area contributed by atoms with E-state index in [4.69, 9.17) is 25.8 Å². The highest BCUT2D eigenvalue weighted by Gasteiger charge is 2.18. The normalized spacial score (nSPS) is 12.8. The van der Waals surface area contributed by atoms with Gasteiger partial charge in [-0.3, -0.25) is 9.78 Å². The molecule has 4 rings (SSSR count). The number of nitrogens with one attached hydrogen (secondary N) is 1. The zero-order chi connectivity index (χ0) is 20.2. The van der Waals surface area contributed by atoms with Crippen molar-refractivity contribution in [3.05, 3.63) is 71.0 Å². The quantitative estimate of drug-likeness (QED) is 0.636. The summed E-state index contributed by atoms with van der Waals surface area (Å²) in [6.07, 6.45) is 4.09. The van der Waals surface area contributed by atoms with Crippen LogP contribution in [0.5, 0.6) is 23.0 Å². The lowest BCUT2D eigenvalue weighted by Crippen LogP contribution is -2.12. The second-order valence-electron chi connectivity index (χ2n) is 6.56. The maximum absolute atomic E-state index is 12.7. The van der Waals surface area contributed by atoms with E-state index in [0.29, 0.717) is 52.5 Å². The van der Waals surface area contributed by atoms with Gasteiger partial charge in [-0.25, -0.2) is 0 Å². The van der Waals surface area contributed by atoms with Crippen molar-refractivity contribution in [1.82, 2.24) is 4.98 Å². The van der Waals surface area contributed by atoms with E-state index in [1.54, 1.807) is 42.7 Å². The van der Waals surface area contributed by atoms with Crippen LogP contribution in [-0.4, -0.2) is 24.1 Å². The number of carbonyl (C=O) groups excluding carboxylic acids is 1. The molecule has 0 radical (unpaired) electrons. The molecule has 0 atom stereocenters. The third-order valence-electron chi connectivity index (χ3n) is 4.36. The molecule has 2 heterocycles. The second kappa shape index (κ2) is 8.41. The number of aromatic nitrogens is 1. The molecule has 6 nitrogen and oxygen atoms in total. The predicted octanol–water partition coefficient (Wildman–Crippen LogP) is 5.25. The van der Waals surface area contributed by atoms with Gasteiger partial charge >= 0.3 is 0 Å². The Hall–Kier alpha value is -3.25. The monoisotopic (exact) mass is 410 g/mol. The van der Waals surface area contributed by atoms with Gasteiger partial charge in [0.25, 0.3) is 5.91 Å². The average molecular weight is 411 g/mol. The average Bonchev–Trinajstić information content (AvgIpc) is 2.97. The van der Waals surface area contributed by atoms with Gasteiger partial charge in [0.1, 0.15) is 11.5 Å². The number of rotatable bonds is 4. The summed E-state index contributed by atoms with van der Waals surface area (Å²) >= 11 is 6.28. The van der Waals surface area contributed by atoms with Gasteiger partial charge in [0.2, 0.25) is 0 Å². The van der Waals surface area contributed by atoms with Gasteiger partial charge in [-0.15, -0.1) is 0 Å². The summed E-state index contributed by atoms with van der Waals surface area (Å²) in [6.45, 7) is 2.96. The largest absolute Gasteiger partial charge is 0.489 e. The van der Waals surface area contributed by atoms with Crippen molar-refractivity contribution in [2.45, 2.75) is 13.3 Å². The number of pyridine rings is 1. The minimum Gasteiger partial charge on any atom is -0.489 e. The third kappa shape index (κ3) is 4.43. The van der Waals surface area contributed by atoms with Gasteiger partial charge < -0.3 is 19.5 Å². The minimum absolute atomic E-state index is 0.289. The first-order chi connectivity index (χ1) is 14.1. The topological polar surface area (TPSA) is 69.7 Å². The fraction of sp³-hybridized carbons (Fsp3) is 0.182. The number of benzene rings is 2. The molecule has 1 aromatic heterocycles. The van der Waals surface area contributed by atoms with Crippen LogP contribution in [-0.2, 0) is 0 Å². The van der Waals surface area contributed by atoms with Crippen LogP contribution in [0, 0.1) is 6.92 Å². The van der Waals surface area contributed by atoms with Crippen LogP contribution in [0.4, 0.5) is 5.69 Å². The number of anilines is 1. The molecule has 0 spiro atoms. The van der Waals surface area contributed by atoms with E-state index in [9.17, 15) is 4.79 Å². The molecule has 0 bridgehead atoms. The molecule has 29 heavy (non-hydrogen) atoms. The van der Waals surface area contributed by atoms with Crippen LogP contribution < -0.4 is 19.5 Å². The number of halogens is 1. The van der Waals surface area contributed by atoms with Crippen molar-refractivity contribution >= 4 is 23.2 Å². The van der Waals surface area contributed by atoms with E-state index in [1.165, 1.54) is 0 Å². The highest BCUT2D eigenvalue weighted by molar-refractivity contribution is 6.32. The summed E-state index contributed by atoms with van der Waals surface area (Å²) in [4.78, 5) is 16.8. The first kappa shape index (κ1) is 19.1. The lowest BCUT2D eigenvalue weighted by Gasteiger charge is -2.13. The molecule has 0 fully saturated rings. The summed E-state index contributed by atoms with van der Waals surface area (Å²) in [7, 11) is 0. The van der Waals surface area contributed by atoms with Gasteiger partial charge in [-0.05, 0) is 55.0 Å². The summed E-state index contributed by atoms with van der Waals surface area (Å²) < 4.78 is 17.1. The maximum Gasteiger partial charge on any atom is 0.255 e. The van der Waals surface area contributed by atoms with Crippen molar-refractivity contribution in [2.24, 2.45) is 0 Å². The Morgan fingerprint density at radius 3 is 2.83 bits per heavy atom. The fourth-order valence-corrected chi connectivity index (χ4v) is 3.21. The van der Waals surface area contributed by atoms with Crippen LogP contribution in [0.1, 0.15) is 22.3 Å². The minimum atomic E-state index is -0.289. The Labute approximate surface area is 173 Å². The Kier molecular flexibility index (Phi) is 5.53. The van der Waals surface area contributed by atoms with Crippen molar-refractivity contribution in [3.63, 3.8) is 0 Å². The zero-order valence-corrected chi connectivity index (χ0v) is 16.5. The van der Waals surface area contributed by atoms with Gasteiger partial charge in [0.15, 0.2) is 11.5 Å². The summed E-state index contributed by atoms with van der Waals surface area (Å²) in [5, 5.41) is 3.23. The first-order valence-electron chi connectivity index (χ1n) is 9.19. The van der Waals surface area contributed by atoms with Crippen molar-refractivity contribution in [3.8, 4) is 23.0 Å². The number of amides is 1. The molecular weight excluding hydrogens is 392 g/mol. The molecular formula is C22H19ClN2O4. The van der Waals surface area contributed by atoms with E-state index in [1.807, 2.05) is 19.1 Å². The highest BCUT2D eigenvalue weighted by Crippen LogP contribution is 2.38. The van der Waals surface area contributed by atoms with Crippen LogP contribution in [0.2, 0.25) is 5.02 Å². The third-order valence-corrected chi connectivity index (χ3v) is 4.64. The van der Waals surface area contributed by atoms with Crippen molar-refractivity contribution in [1.29, 1.82) is 0 Å². The summed E-state index contributed by atoms with van der Waals surface area (Å²) in [6, 6.07) is 12.3. The summed E-state index contributed by atoms with van der Waals surface area (Å²) in [5.74, 6) is 2.01. The van der Waals surface area contributed by atoms with Crippen molar-refractivity contribution in [2.75, 3.05) is 18.5 Å². The van der Waals surface area contributed by atoms with E-state index in [-0.39, 0.29) is 5.91 Å². The van der Waals surface area contributed by atoms with E-state index < -0.39 is 0 Å². The second-order valence-corrected chi connectivity index (χ2v) is 6.97. The van der Waals surface area contributed by atoms with E-state index >= 15 is 0 Å². The number of aryl methyl sites for hydroxylation is 1.